The molecule has 0 radical (unpaired) electrons. The van der Waals surface area contributed by atoms with Gasteiger partial charge >= 0.3 is 0 Å². The Balaban J connectivity index is 1.88. The predicted octanol–water partition coefficient (Wildman–Crippen LogP) is 1.65. The first kappa shape index (κ1) is 10.4. The van der Waals surface area contributed by atoms with Crippen LogP contribution in [0.3, 0.4) is 0 Å². The third-order valence-corrected chi connectivity index (χ3v) is 2.91. The minimum atomic E-state index is -0.104. The van der Waals surface area contributed by atoms with Crippen molar-refractivity contribution in [1.29, 1.82) is 0 Å². The number of pyridine rings is 1. The Morgan fingerprint density at radius 2 is 2.29 bits per heavy atom. The zero-order valence-corrected chi connectivity index (χ0v) is 9.63. The van der Waals surface area contributed by atoms with Crippen molar-refractivity contribution in [1.82, 2.24) is 20.4 Å². The third kappa shape index (κ3) is 2.06. The molecular formula is C12H14N4O. The lowest BCUT2D eigenvalue weighted by Crippen LogP contribution is -2.20. The summed E-state index contributed by atoms with van der Waals surface area (Å²) < 4.78 is 5.26. The Morgan fingerprint density at radius 1 is 1.41 bits per heavy atom. The van der Waals surface area contributed by atoms with Crippen LogP contribution in [0.25, 0.3) is 0 Å². The van der Waals surface area contributed by atoms with Gasteiger partial charge in [-0.1, -0.05) is 11.2 Å². The topological polar surface area (TPSA) is 63.8 Å². The highest BCUT2D eigenvalue weighted by atomic mass is 16.5. The molecule has 88 valence electrons. The van der Waals surface area contributed by atoms with Crippen LogP contribution in [0.2, 0.25) is 0 Å². The van der Waals surface area contributed by atoms with E-state index in [1.165, 1.54) is 0 Å². The van der Waals surface area contributed by atoms with Gasteiger partial charge in [-0.05, 0) is 32.0 Å². The van der Waals surface area contributed by atoms with E-state index in [9.17, 15) is 0 Å². The van der Waals surface area contributed by atoms with Crippen LogP contribution in [0, 0.1) is 0 Å². The average molecular weight is 230 g/mol. The van der Waals surface area contributed by atoms with Crippen molar-refractivity contribution >= 4 is 0 Å². The number of hydrogen-bond acceptors (Lipinski definition) is 5. The first-order chi connectivity index (χ1) is 8.38. The van der Waals surface area contributed by atoms with Crippen molar-refractivity contribution in [2.24, 2.45) is 0 Å². The molecule has 2 heterocycles. The Kier molecular flexibility index (Phi) is 2.60. The maximum absolute atomic E-state index is 5.26. The summed E-state index contributed by atoms with van der Waals surface area (Å²) in [6.45, 7) is 0. The van der Waals surface area contributed by atoms with Crippen molar-refractivity contribution < 1.29 is 4.52 Å². The van der Waals surface area contributed by atoms with Crippen LogP contribution in [0.5, 0.6) is 0 Å². The normalized spacial score (nSPS) is 17.0. The Hall–Kier alpha value is -1.75. The standard InChI is InChI=1S/C12H14N4O/c1-13-10(9-4-2-3-7-14-9)11-15-12(17-16-11)8-5-6-8/h2-4,7-8,10,13H,5-6H2,1H3/t10-/m1/s1. The molecule has 17 heavy (non-hydrogen) atoms. The number of rotatable bonds is 4. The highest BCUT2D eigenvalue weighted by molar-refractivity contribution is 5.17. The van der Waals surface area contributed by atoms with E-state index in [4.69, 9.17) is 4.52 Å². The molecule has 0 spiro atoms. The fraction of sp³-hybridized carbons (Fsp3) is 0.417. The van der Waals surface area contributed by atoms with E-state index in [1.54, 1.807) is 6.20 Å². The van der Waals surface area contributed by atoms with Crippen LogP contribution >= 0.6 is 0 Å². The summed E-state index contributed by atoms with van der Waals surface area (Å²) in [5.41, 5.74) is 0.901. The molecule has 2 aromatic heterocycles. The van der Waals surface area contributed by atoms with Gasteiger partial charge in [-0.15, -0.1) is 0 Å². The molecule has 5 nitrogen and oxygen atoms in total. The van der Waals surface area contributed by atoms with Crippen LogP contribution in [0.15, 0.2) is 28.9 Å². The van der Waals surface area contributed by atoms with Gasteiger partial charge in [-0.25, -0.2) is 0 Å². The number of aromatic nitrogens is 3. The monoisotopic (exact) mass is 230 g/mol. The second-order valence-electron chi connectivity index (χ2n) is 4.24. The summed E-state index contributed by atoms with van der Waals surface area (Å²) in [7, 11) is 1.87. The van der Waals surface area contributed by atoms with E-state index in [1.807, 2.05) is 25.2 Å². The first-order valence-electron chi connectivity index (χ1n) is 5.80. The molecule has 0 aliphatic heterocycles. The van der Waals surface area contributed by atoms with Crippen LogP contribution < -0.4 is 5.32 Å². The van der Waals surface area contributed by atoms with Crippen LogP contribution in [-0.2, 0) is 0 Å². The fourth-order valence-electron chi connectivity index (χ4n) is 1.82. The Bertz CT molecular complexity index is 492. The van der Waals surface area contributed by atoms with Gasteiger partial charge < -0.3 is 9.84 Å². The summed E-state index contributed by atoms with van der Waals surface area (Å²) >= 11 is 0. The van der Waals surface area contributed by atoms with Crippen molar-refractivity contribution in [3.63, 3.8) is 0 Å². The highest BCUT2D eigenvalue weighted by Gasteiger charge is 2.31. The molecule has 1 atom stereocenters. The van der Waals surface area contributed by atoms with E-state index in [2.05, 4.69) is 20.4 Å². The molecule has 2 aromatic rings. The van der Waals surface area contributed by atoms with Crippen molar-refractivity contribution in [2.75, 3.05) is 7.05 Å². The Morgan fingerprint density at radius 3 is 2.94 bits per heavy atom. The molecule has 0 aromatic carbocycles. The highest BCUT2D eigenvalue weighted by Crippen LogP contribution is 2.39. The van der Waals surface area contributed by atoms with Gasteiger partial charge in [0.15, 0.2) is 5.82 Å². The summed E-state index contributed by atoms with van der Waals surface area (Å²) in [6, 6.07) is 5.69. The van der Waals surface area contributed by atoms with Crippen LogP contribution in [0.1, 0.15) is 42.2 Å². The molecule has 5 heteroatoms. The molecule has 0 unspecified atom stereocenters. The molecule has 1 saturated carbocycles. The predicted molar refractivity (Wildman–Crippen MR) is 61.4 cm³/mol. The lowest BCUT2D eigenvalue weighted by atomic mass is 10.2. The smallest absolute Gasteiger partial charge is 0.229 e. The third-order valence-electron chi connectivity index (χ3n) is 2.91. The van der Waals surface area contributed by atoms with Crippen molar-refractivity contribution in [2.45, 2.75) is 24.8 Å². The van der Waals surface area contributed by atoms with Gasteiger partial charge in [-0.3, -0.25) is 4.98 Å². The van der Waals surface area contributed by atoms with E-state index in [-0.39, 0.29) is 6.04 Å². The van der Waals surface area contributed by atoms with Gasteiger partial charge in [0.1, 0.15) is 6.04 Å². The van der Waals surface area contributed by atoms with E-state index in [0.717, 1.165) is 24.4 Å². The average Bonchev–Trinajstić information content (AvgIpc) is 3.12. The van der Waals surface area contributed by atoms with E-state index < -0.39 is 0 Å². The minimum Gasteiger partial charge on any atom is -0.339 e. The molecule has 1 aliphatic carbocycles. The number of nitrogens with one attached hydrogen (secondary N) is 1. The summed E-state index contributed by atoms with van der Waals surface area (Å²) in [5, 5.41) is 7.20. The zero-order chi connectivity index (χ0) is 11.7. The van der Waals surface area contributed by atoms with Gasteiger partial charge in [-0.2, -0.15) is 4.98 Å². The second kappa shape index (κ2) is 4.25. The van der Waals surface area contributed by atoms with E-state index >= 15 is 0 Å². The van der Waals surface area contributed by atoms with Crippen molar-refractivity contribution in [3.05, 3.63) is 41.8 Å². The van der Waals surface area contributed by atoms with Gasteiger partial charge in [0, 0.05) is 12.1 Å². The quantitative estimate of drug-likeness (QED) is 0.865. The summed E-state index contributed by atoms with van der Waals surface area (Å²) in [6.07, 6.45) is 4.09. The minimum absolute atomic E-state index is 0.104. The summed E-state index contributed by atoms with van der Waals surface area (Å²) in [4.78, 5) is 8.75. The molecule has 0 amide bonds. The lowest BCUT2D eigenvalue weighted by molar-refractivity contribution is 0.370. The zero-order valence-electron chi connectivity index (χ0n) is 9.63. The molecule has 3 rings (SSSR count). The molecule has 1 fully saturated rings. The first-order valence-corrected chi connectivity index (χ1v) is 5.80. The van der Waals surface area contributed by atoms with Gasteiger partial charge in [0.05, 0.1) is 5.69 Å². The second-order valence-corrected chi connectivity index (χ2v) is 4.24. The lowest BCUT2D eigenvalue weighted by Gasteiger charge is -2.10. The molecule has 1 N–H and O–H groups in total. The maximum Gasteiger partial charge on any atom is 0.229 e. The maximum atomic E-state index is 5.26. The molecular weight excluding hydrogens is 216 g/mol. The number of hydrogen-bond donors (Lipinski definition) is 1. The Labute approximate surface area is 99.3 Å². The fourth-order valence-corrected chi connectivity index (χ4v) is 1.82. The van der Waals surface area contributed by atoms with E-state index in [0.29, 0.717) is 11.7 Å². The molecule has 0 saturated heterocycles. The molecule has 0 bridgehead atoms. The van der Waals surface area contributed by atoms with Gasteiger partial charge in [0.2, 0.25) is 5.89 Å². The SMILES string of the molecule is CN[C@H](c1ccccn1)c1noc(C2CC2)n1. The number of nitrogens with zero attached hydrogens (tertiary/aromatic N) is 3. The molecule has 1 aliphatic rings. The largest absolute Gasteiger partial charge is 0.339 e. The van der Waals surface area contributed by atoms with Gasteiger partial charge in [0.25, 0.3) is 0 Å². The van der Waals surface area contributed by atoms with Crippen LogP contribution in [0.4, 0.5) is 0 Å². The van der Waals surface area contributed by atoms with Crippen LogP contribution in [-0.4, -0.2) is 22.2 Å². The van der Waals surface area contributed by atoms with Crippen molar-refractivity contribution in [3.8, 4) is 0 Å². The summed E-state index contributed by atoms with van der Waals surface area (Å²) in [5.74, 6) is 1.90.